The zero-order valence-electron chi connectivity index (χ0n) is 14.3. The third-order valence-corrected chi connectivity index (χ3v) is 3.55. The molecule has 0 heterocycles. The Morgan fingerprint density at radius 3 is 2.39 bits per heavy atom. The van der Waals surface area contributed by atoms with Crippen LogP contribution >= 0.6 is 0 Å². The third-order valence-electron chi connectivity index (χ3n) is 3.55. The van der Waals surface area contributed by atoms with Gasteiger partial charge >= 0.3 is 11.9 Å². The van der Waals surface area contributed by atoms with Gasteiger partial charge in [0, 0.05) is 12.1 Å². The summed E-state index contributed by atoms with van der Waals surface area (Å²) in [7, 11) is 1.19. The minimum Gasteiger partial charge on any atom is -0.490 e. The van der Waals surface area contributed by atoms with Crippen molar-refractivity contribution in [3.63, 3.8) is 0 Å². The molecule has 2 aromatic rings. The van der Waals surface area contributed by atoms with Gasteiger partial charge in [-0.25, -0.2) is 4.39 Å². The lowest BCUT2D eigenvalue weighted by atomic mass is 10.1. The molecule has 0 aliphatic rings. The fraction of sp³-hybridized carbons (Fsp3) is 0.235. The quantitative estimate of drug-likeness (QED) is 0.435. The van der Waals surface area contributed by atoms with Gasteiger partial charge in [-0.15, -0.1) is 0 Å². The summed E-state index contributed by atoms with van der Waals surface area (Å²) in [5.41, 5.74) is -0.688. The lowest BCUT2D eigenvalue weighted by molar-refractivity contribution is -0.385. The van der Waals surface area contributed by atoms with Gasteiger partial charge in [-0.05, 0) is 23.8 Å². The summed E-state index contributed by atoms with van der Waals surface area (Å²) in [4.78, 5) is 22.0. The molecule has 0 aliphatic carbocycles. The van der Waals surface area contributed by atoms with Crippen LogP contribution in [0, 0.1) is 15.9 Å². The molecule has 28 heavy (non-hydrogen) atoms. The molecule has 0 aromatic heterocycles. The number of methoxy groups -OCH3 is 1. The summed E-state index contributed by atoms with van der Waals surface area (Å²) in [6.45, 7) is -0.783. The van der Waals surface area contributed by atoms with Gasteiger partial charge in [-0.1, -0.05) is 12.1 Å². The lowest BCUT2D eigenvalue weighted by Crippen LogP contribution is -2.40. The van der Waals surface area contributed by atoms with E-state index in [4.69, 9.17) is 9.47 Å². The Balaban J connectivity index is 2.07. The second-order valence-electron chi connectivity index (χ2n) is 5.47. The number of benzene rings is 2. The average Bonchev–Trinajstić information content (AvgIpc) is 2.64. The third kappa shape index (κ3) is 5.32. The van der Waals surface area contributed by atoms with Crippen molar-refractivity contribution >= 4 is 11.6 Å². The van der Waals surface area contributed by atoms with Crippen molar-refractivity contribution in [2.75, 3.05) is 13.7 Å². The molecular formula is C17H14F4N2O5. The van der Waals surface area contributed by atoms with Crippen LogP contribution in [0.1, 0.15) is 11.6 Å². The number of hydrogen-bond donors (Lipinski definition) is 1. The van der Waals surface area contributed by atoms with E-state index in [1.165, 1.54) is 13.2 Å². The molecule has 7 nitrogen and oxygen atoms in total. The number of alkyl halides is 3. The first-order valence-corrected chi connectivity index (χ1v) is 7.68. The summed E-state index contributed by atoms with van der Waals surface area (Å²) in [6.07, 6.45) is -4.82. The van der Waals surface area contributed by atoms with E-state index in [1.54, 1.807) is 5.32 Å². The minimum atomic E-state index is -4.82. The Morgan fingerprint density at radius 2 is 1.86 bits per heavy atom. The fourth-order valence-corrected chi connectivity index (χ4v) is 2.26. The monoisotopic (exact) mass is 402 g/mol. The van der Waals surface area contributed by atoms with Gasteiger partial charge in [0.25, 0.3) is 5.91 Å². The molecule has 11 heteroatoms. The van der Waals surface area contributed by atoms with E-state index in [0.717, 1.165) is 36.4 Å². The lowest BCUT2D eigenvalue weighted by Gasteiger charge is -2.22. The smallest absolute Gasteiger partial charge is 0.412 e. The zero-order chi connectivity index (χ0) is 20.9. The van der Waals surface area contributed by atoms with E-state index in [2.05, 4.69) is 0 Å². The number of amides is 1. The molecule has 150 valence electrons. The van der Waals surface area contributed by atoms with Crippen molar-refractivity contribution < 1.29 is 36.8 Å². The number of hydrogen-bond acceptors (Lipinski definition) is 5. The Bertz CT molecular complexity index is 856. The number of rotatable bonds is 7. The van der Waals surface area contributed by atoms with Crippen molar-refractivity contribution in [1.82, 2.24) is 5.32 Å². The molecule has 2 rings (SSSR count). The molecule has 0 bridgehead atoms. The van der Waals surface area contributed by atoms with E-state index in [-0.39, 0.29) is 22.7 Å². The van der Waals surface area contributed by atoms with Crippen LogP contribution in [-0.2, 0) is 4.79 Å². The maximum absolute atomic E-state index is 13.2. The number of ether oxygens (including phenoxy) is 2. The van der Waals surface area contributed by atoms with Crippen molar-refractivity contribution in [1.29, 1.82) is 0 Å². The Kier molecular flexibility index (Phi) is 6.39. The number of carbonyl (C=O) groups is 1. The molecule has 0 fully saturated rings. The van der Waals surface area contributed by atoms with Crippen LogP contribution in [0.4, 0.5) is 23.2 Å². The van der Waals surface area contributed by atoms with Gasteiger partial charge in [-0.2, -0.15) is 13.2 Å². The fourth-order valence-electron chi connectivity index (χ4n) is 2.26. The predicted octanol–water partition coefficient (Wildman–Crippen LogP) is 3.54. The standard InChI is InChI=1S/C17H14F4N2O5/c1-27-14-8-12(6-7-13(14)23(25)26)28-9-15(24)22-16(17(19,20)21)10-2-4-11(18)5-3-10/h2-8,16H,9H2,1H3,(H,22,24). The molecule has 0 spiro atoms. The Morgan fingerprint density at radius 1 is 1.21 bits per heavy atom. The number of nitro groups is 1. The molecule has 1 amide bonds. The highest BCUT2D eigenvalue weighted by molar-refractivity contribution is 5.78. The topological polar surface area (TPSA) is 90.7 Å². The van der Waals surface area contributed by atoms with E-state index in [9.17, 15) is 32.5 Å². The maximum atomic E-state index is 13.2. The summed E-state index contributed by atoms with van der Waals surface area (Å²) >= 11 is 0. The number of carbonyl (C=O) groups excluding carboxylic acids is 1. The van der Waals surface area contributed by atoms with Crippen LogP contribution in [0.25, 0.3) is 0 Å². The van der Waals surface area contributed by atoms with E-state index in [0.29, 0.717) is 0 Å². The number of halogens is 4. The molecule has 0 saturated carbocycles. The van der Waals surface area contributed by atoms with Crippen molar-refractivity contribution in [2.24, 2.45) is 0 Å². The van der Waals surface area contributed by atoms with E-state index in [1.807, 2.05) is 0 Å². The molecular weight excluding hydrogens is 388 g/mol. The van der Waals surface area contributed by atoms with Gasteiger partial charge in [-0.3, -0.25) is 14.9 Å². The van der Waals surface area contributed by atoms with Crippen molar-refractivity contribution in [3.8, 4) is 11.5 Å². The predicted molar refractivity (Wildman–Crippen MR) is 88.5 cm³/mol. The zero-order valence-corrected chi connectivity index (χ0v) is 14.3. The summed E-state index contributed by atoms with van der Waals surface area (Å²) in [5.74, 6) is -1.96. The first-order valence-electron chi connectivity index (χ1n) is 7.68. The van der Waals surface area contributed by atoms with Crippen LogP contribution in [0.5, 0.6) is 11.5 Å². The van der Waals surface area contributed by atoms with Gasteiger partial charge < -0.3 is 14.8 Å². The summed E-state index contributed by atoms with van der Waals surface area (Å²) in [5, 5.41) is 12.6. The number of nitro benzene ring substituents is 1. The summed E-state index contributed by atoms with van der Waals surface area (Å²) in [6, 6.07) is 4.55. The maximum Gasteiger partial charge on any atom is 0.412 e. The molecule has 1 unspecified atom stereocenters. The van der Waals surface area contributed by atoms with E-state index < -0.39 is 35.5 Å². The largest absolute Gasteiger partial charge is 0.490 e. The normalized spacial score (nSPS) is 12.2. The molecule has 1 N–H and O–H groups in total. The molecule has 0 radical (unpaired) electrons. The van der Waals surface area contributed by atoms with Crippen LogP contribution in [0.3, 0.4) is 0 Å². The second-order valence-corrected chi connectivity index (χ2v) is 5.47. The highest BCUT2D eigenvalue weighted by Crippen LogP contribution is 2.33. The van der Waals surface area contributed by atoms with Gasteiger partial charge in [0.15, 0.2) is 12.6 Å². The SMILES string of the molecule is COc1cc(OCC(=O)NC(c2ccc(F)cc2)C(F)(F)F)ccc1[N+](=O)[O-]. The van der Waals surface area contributed by atoms with Crippen molar-refractivity contribution in [2.45, 2.75) is 12.2 Å². The van der Waals surface area contributed by atoms with Gasteiger partial charge in [0.05, 0.1) is 12.0 Å². The van der Waals surface area contributed by atoms with E-state index >= 15 is 0 Å². The van der Waals surface area contributed by atoms with Crippen molar-refractivity contribution in [3.05, 3.63) is 64.0 Å². The van der Waals surface area contributed by atoms with Crippen LogP contribution in [0.2, 0.25) is 0 Å². The van der Waals surface area contributed by atoms with Crippen LogP contribution in [0.15, 0.2) is 42.5 Å². The first kappa shape index (κ1) is 20.9. The Labute approximate surface area is 156 Å². The van der Waals surface area contributed by atoms with Gasteiger partial charge in [0.2, 0.25) is 5.75 Å². The summed E-state index contributed by atoms with van der Waals surface area (Å²) < 4.78 is 62.5. The Hall–Kier alpha value is -3.37. The van der Waals surface area contributed by atoms with Crippen LogP contribution < -0.4 is 14.8 Å². The first-order chi connectivity index (χ1) is 13.1. The molecule has 1 atom stereocenters. The number of nitrogens with zero attached hydrogens (tertiary/aromatic N) is 1. The highest BCUT2D eigenvalue weighted by atomic mass is 19.4. The van der Waals surface area contributed by atoms with Crippen LogP contribution in [-0.4, -0.2) is 30.7 Å². The highest BCUT2D eigenvalue weighted by Gasteiger charge is 2.41. The molecule has 2 aromatic carbocycles. The van der Waals surface area contributed by atoms with Gasteiger partial charge in [0.1, 0.15) is 11.6 Å². The number of nitrogens with one attached hydrogen (secondary N) is 1. The average molecular weight is 402 g/mol. The second kappa shape index (κ2) is 8.55. The molecule has 0 aliphatic heterocycles. The molecule has 0 saturated heterocycles. The minimum absolute atomic E-state index is 0.0112.